The number of aliphatic hydroxyl groups is 1. The summed E-state index contributed by atoms with van der Waals surface area (Å²) in [6.07, 6.45) is 11.8. The first-order valence-corrected chi connectivity index (χ1v) is 8.80. The van der Waals surface area contributed by atoms with Crippen LogP contribution in [0.1, 0.15) is 52.4 Å². The first kappa shape index (κ1) is 15.8. The van der Waals surface area contributed by atoms with E-state index in [0.29, 0.717) is 30.1 Å². The topological polar surface area (TPSA) is 46.5 Å². The van der Waals surface area contributed by atoms with Crippen LogP contribution in [0.2, 0.25) is 0 Å². The van der Waals surface area contributed by atoms with Crippen molar-refractivity contribution in [2.75, 3.05) is 0 Å². The average molecular weight is 304 g/mol. The lowest BCUT2D eigenvalue weighted by atomic mass is 9.66. The summed E-state index contributed by atoms with van der Waals surface area (Å²) >= 11 is 0. The highest BCUT2D eigenvalue weighted by molar-refractivity contribution is 5.70. The number of fused-ring (bicyclic) bond motifs is 1. The van der Waals surface area contributed by atoms with Gasteiger partial charge in [0.25, 0.3) is 0 Å². The lowest BCUT2D eigenvalue weighted by molar-refractivity contribution is -0.160. The van der Waals surface area contributed by atoms with Crippen molar-refractivity contribution in [3.63, 3.8) is 0 Å². The molecule has 0 radical (unpaired) electrons. The Labute approximate surface area is 133 Å². The van der Waals surface area contributed by atoms with Crippen LogP contribution in [-0.4, -0.2) is 23.3 Å². The van der Waals surface area contributed by atoms with Crippen LogP contribution in [0.15, 0.2) is 23.8 Å². The van der Waals surface area contributed by atoms with Gasteiger partial charge in [-0.2, -0.15) is 0 Å². The molecule has 6 atom stereocenters. The molecular weight excluding hydrogens is 276 g/mol. The molecule has 0 unspecified atom stereocenters. The Balaban J connectivity index is 1.63. The van der Waals surface area contributed by atoms with Gasteiger partial charge in [-0.05, 0) is 54.9 Å². The first-order chi connectivity index (χ1) is 10.5. The van der Waals surface area contributed by atoms with Gasteiger partial charge in [0, 0.05) is 6.42 Å². The fourth-order valence-corrected chi connectivity index (χ4v) is 4.44. The van der Waals surface area contributed by atoms with Crippen molar-refractivity contribution in [3.05, 3.63) is 23.8 Å². The van der Waals surface area contributed by atoms with Crippen LogP contribution >= 0.6 is 0 Å². The molecule has 0 aromatic rings. The number of carbonyl (C=O) groups excluding carboxylic acids is 1. The molecule has 0 saturated carbocycles. The SMILES string of the molecule is C[C@@H]1C=C2C=C[C@@H](C)[C@@H](CC[C@H]3C[C@H](O)CC(=O)O3)[C@@H]2CC1. The monoisotopic (exact) mass is 304 g/mol. The van der Waals surface area contributed by atoms with Crippen LogP contribution in [0.25, 0.3) is 0 Å². The summed E-state index contributed by atoms with van der Waals surface area (Å²) in [6, 6.07) is 0. The number of cyclic esters (lactones) is 1. The smallest absolute Gasteiger partial charge is 0.308 e. The summed E-state index contributed by atoms with van der Waals surface area (Å²) in [5.74, 6) is 2.34. The molecule has 122 valence electrons. The van der Waals surface area contributed by atoms with Crippen molar-refractivity contribution in [2.24, 2.45) is 23.7 Å². The Hall–Kier alpha value is -1.09. The van der Waals surface area contributed by atoms with Gasteiger partial charge in [0.15, 0.2) is 0 Å². The summed E-state index contributed by atoms with van der Waals surface area (Å²) in [5, 5.41) is 9.73. The minimum atomic E-state index is -0.513. The Morgan fingerprint density at radius 2 is 2.09 bits per heavy atom. The van der Waals surface area contributed by atoms with E-state index in [1.807, 2.05) is 0 Å². The third-order valence-corrected chi connectivity index (χ3v) is 5.68. The van der Waals surface area contributed by atoms with Crippen molar-refractivity contribution in [2.45, 2.75) is 64.6 Å². The Kier molecular flexibility index (Phi) is 4.72. The number of esters is 1. The molecular formula is C19H28O3. The number of rotatable bonds is 3. The second-order valence-electron chi connectivity index (χ2n) is 7.49. The highest BCUT2D eigenvalue weighted by Gasteiger charge is 2.34. The molecule has 3 aliphatic rings. The number of aliphatic hydroxyl groups excluding tert-OH is 1. The van der Waals surface area contributed by atoms with Crippen molar-refractivity contribution < 1.29 is 14.6 Å². The lowest BCUT2D eigenvalue weighted by Gasteiger charge is -2.39. The van der Waals surface area contributed by atoms with E-state index in [4.69, 9.17) is 4.74 Å². The molecule has 0 aromatic carbocycles. The first-order valence-electron chi connectivity index (χ1n) is 8.80. The molecule has 1 aliphatic heterocycles. The second kappa shape index (κ2) is 6.57. The van der Waals surface area contributed by atoms with Crippen molar-refractivity contribution >= 4 is 5.97 Å². The fraction of sp³-hybridized carbons (Fsp3) is 0.737. The molecule has 0 spiro atoms. The fourth-order valence-electron chi connectivity index (χ4n) is 4.44. The quantitative estimate of drug-likeness (QED) is 0.810. The van der Waals surface area contributed by atoms with Gasteiger partial charge in [-0.1, -0.05) is 32.1 Å². The maximum absolute atomic E-state index is 11.5. The second-order valence-corrected chi connectivity index (χ2v) is 7.49. The molecule has 0 bridgehead atoms. The zero-order valence-electron chi connectivity index (χ0n) is 13.7. The summed E-state index contributed by atoms with van der Waals surface area (Å²) in [7, 11) is 0. The number of ether oxygens (including phenoxy) is 1. The van der Waals surface area contributed by atoms with E-state index in [2.05, 4.69) is 32.1 Å². The summed E-state index contributed by atoms with van der Waals surface area (Å²) in [4.78, 5) is 11.5. The summed E-state index contributed by atoms with van der Waals surface area (Å²) in [6.45, 7) is 4.60. The minimum Gasteiger partial charge on any atom is -0.462 e. The van der Waals surface area contributed by atoms with Crippen molar-refractivity contribution in [1.29, 1.82) is 0 Å². The van der Waals surface area contributed by atoms with Crippen LogP contribution < -0.4 is 0 Å². The Bertz CT molecular complexity index is 479. The summed E-state index contributed by atoms with van der Waals surface area (Å²) < 4.78 is 5.40. The van der Waals surface area contributed by atoms with Gasteiger partial charge < -0.3 is 9.84 Å². The minimum absolute atomic E-state index is 0.0932. The largest absolute Gasteiger partial charge is 0.462 e. The van der Waals surface area contributed by atoms with Crippen LogP contribution in [-0.2, 0) is 9.53 Å². The molecule has 3 rings (SSSR count). The van der Waals surface area contributed by atoms with Crippen molar-refractivity contribution in [3.8, 4) is 0 Å². The Morgan fingerprint density at radius 3 is 2.86 bits per heavy atom. The maximum atomic E-state index is 11.5. The lowest BCUT2D eigenvalue weighted by Crippen LogP contribution is -2.34. The number of carbonyl (C=O) groups is 1. The number of hydrogen-bond donors (Lipinski definition) is 1. The van der Waals surface area contributed by atoms with Gasteiger partial charge in [-0.15, -0.1) is 0 Å². The zero-order valence-corrected chi connectivity index (χ0v) is 13.7. The molecule has 0 aromatic heterocycles. The van der Waals surface area contributed by atoms with E-state index in [0.717, 1.165) is 12.8 Å². The van der Waals surface area contributed by atoms with Gasteiger partial charge in [-0.3, -0.25) is 4.79 Å². The van der Waals surface area contributed by atoms with E-state index >= 15 is 0 Å². The van der Waals surface area contributed by atoms with Crippen LogP contribution in [0.5, 0.6) is 0 Å². The van der Waals surface area contributed by atoms with E-state index in [-0.39, 0.29) is 18.5 Å². The number of hydrogen-bond acceptors (Lipinski definition) is 3. The van der Waals surface area contributed by atoms with E-state index in [1.165, 1.54) is 18.4 Å². The molecule has 22 heavy (non-hydrogen) atoms. The standard InChI is InChI=1S/C19H28O3/c1-12-3-7-18-14(9-12)5-4-13(2)17(18)8-6-16-10-15(20)11-19(21)22-16/h4-5,9,12-13,15-18,20H,3,6-8,10-11H2,1-2H3/t12-,13+,15-,16-,17+,18+/m0/s1. The zero-order chi connectivity index (χ0) is 15.7. The molecule has 2 aliphatic carbocycles. The maximum Gasteiger partial charge on any atom is 0.308 e. The van der Waals surface area contributed by atoms with Gasteiger partial charge in [0.1, 0.15) is 6.10 Å². The van der Waals surface area contributed by atoms with Crippen LogP contribution in [0, 0.1) is 23.7 Å². The van der Waals surface area contributed by atoms with E-state index < -0.39 is 6.10 Å². The molecule has 3 heteroatoms. The van der Waals surface area contributed by atoms with Gasteiger partial charge in [0.05, 0.1) is 12.5 Å². The molecule has 3 nitrogen and oxygen atoms in total. The molecule has 1 N–H and O–H groups in total. The van der Waals surface area contributed by atoms with Crippen LogP contribution in [0.4, 0.5) is 0 Å². The predicted octanol–water partition coefficient (Wildman–Crippen LogP) is 3.63. The third-order valence-electron chi connectivity index (χ3n) is 5.68. The van der Waals surface area contributed by atoms with Crippen molar-refractivity contribution in [1.82, 2.24) is 0 Å². The normalized spacial score (nSPS) is 41.6. The molecule has 0 amide bonds. The highest BCUT2D eigenvalue weighted by atomic mass is 16.5. The highest BCUT2D eigenvalue weighted by Crippen LogP contribution is 2.43. The van der Waals surface area contributed by atoms with Crippen LogP contribution in [0.3, 0.4) is 0 Å². The molecule has 1 fully saturated rings. The average Bonchev–Trinajstić information content (AvgIpc) is 2.45. The van der Waals surface area contributed by atoms with Gasteiger partial charge >= 0.3 is 5.97 Å². The summed E-state index contributed by atoms with van der Waals surface area (Å²) in [5.41, 5.74) is 1.52. The predicted molar refractivity (Wildman–Crippen MR) is 86.1 cm³/mol. The van der Waals surface area contributed by atoms with E-state index in [1.54, 1.807) is 0 Å². The van der Waals surface area contributed by atoms with Gasteiger partial charge in [0.2, 0.25) is 0 Å². The molecule has 1 saturated heterocycles. The third kappa shape index (κ3) is 3.45. The van der Waals surface area contributed by atoms with Gasteiger partial charge in [-0.25, -0.2) is 0 Å². The Morgan fingerprint density at radius 1 is 1.27 bits per heavy atom. The molecule has 1 heterocycles. The van der Waals surface area contributed by atoms with E-state index in [9.17, 15) is 9.90 Å². The number of allylic oxidation sites excluding steroid dienone is 4.